The van der Waals surface area contributed by atoms with Crippen LogP contribution in [0.25, 0.3) is 0 Å². The fourth-order valence-electron chi connectivity index (χ4n) is 2.48. The van der Waals surface area contributed by atoms with Crippen LogP contribution in [0.1, 0.15) is 12.8 Å². The molecular formula is C16H17N3O3. The number of nitrogens with one attached hydrogen (secondary N) is 1. The summed E-state index contributed by atoms with van der Waals surface area (Å²) in [5, 5.41) is 7.15. The van der Waals surface area contributed by atoms with Gasteiger partial charge in [-0.05, 0) is 25.0 Å². The zero-order valence-corrected chi connectivity index (χ0v) is 12.1. The van der Waals surface area contributed by atoms with E-state index in [2.05, 4.69) is 10.4 Å². The summed E-state index contributed by atoms with van der Waals surface area (Å²) in [6, 6.07) is 7.63. The molecule has 6 heteroatoms. The Morgan fingerprint density at radius 2 is 2.14 bits per heavy atom. The molecule has 4 rings (SSSR count). The van der Waals surface area contributed by atoms with E-state index in [-0.39, 0.29) is 17.9 Å². The number of fused-ring (bicyclic) bond motifs is 1. The molecule has 0 saturated heterocycles. The second kappa shape index (κ2) is 5.36. The molecule has 6 nitrogen and oxygen atoms in total. The van der Waals surface area contributed by atoms with Crippen molar-refractivity contribution >= 4 is 11.6 Å². The highest BCUT2D eigenvalue weighted by atomic mass is 16.6. The standard InChI is InChI=1S/C16H17N3O3/c20-16(11-5-6-11)18-12-7-17-19(8-12)9-13-10-21-14-3-1-2-4-15(14)22-13/h1-4,7-8,11,13H,5-6,9-10H2,(H,18,20)/t13-/m1/s1. The normalized spacial score (nSPS) is 19.7. The van der Waals surface area contributed by atoms with Gasteiger partial charge in [0.1, 0.15) is 6.61 Å². The summed E-state index contributed by atoms with van der Waals surface area (Å²) in [7, 11) is 0. The number of carbonyl (C=O) groups excluding carboxylic acids is 1. The molecule has 0 unspecified atom stereocenters. The van der Waals surface area contributed by atoms with E-state index in [1.807, 2.05) is 30.5 Å². The largest absolute Gasteiger partial charge is 0.486 e. The molecule has 114 valence electrons. The van der Waals surface area contributed by atoms with Crippen molar-refractivity contribution < 1.29 is 14.3 Å². The van der Waals surface area contributed by atoms with Gasteiger partial charge in [-0.1, -0.05) is 12.1 Å². The number of para-hydroxylation sites is 2. The van der Waals surface area contributed by atoms with Crippen LogP contribution in [-0.2, 0) is 11.3 Å². The lowest BCUT2D eigenvalue weighted by atomic mass is 10.2. The minimum Gasteiger partial charge on any atom is -0.486 e. The third-order valence-electron chi connectivity index (χ3n) is 3.81. The molecule has 1 fully saturated rings. The third kappa shape index (κ3) is 2.77. The van der Waals surface area contributed by atoms with Gasteiger partial charge in [-0.25, -0.2) is 0 Å². The maximum Gasteiger partial charge on any atom is 0.227 e. The van der Waals surface area contributed by atoms with E-state index in [9.17, 15) is 4.79 Å². The highest BCUT2D eigenvalue weighted by Crippen LogP contribution is 2.31. The van der Waals surface area contributed by atoms with Crippen LogP contribution in [0, 0.1) is 5.92 Å². The summed E-state index contributed by atoms with van der Waals surface area (Å²) in [6.07, 6.45) is 5.38. The smallest absolute Gasteiger partial charge is 0.227 e. The molecule has 1 aromatic heterocycles. The summed E-state index contributed by atoms with van der Waals surface area (Å²) in [5.74, 6) is 1.81. The van der Waals surface area contributed by atoms with Gasteiger partial charge in [-0.15, -0.1) is 0 Å². The molecule has 1 aliphatic carbocycles. The topological polar surface area (TPSA) is 65.4 Å². The number of aromatic nitrogens is 2. The molecule has 2 heterocycles. The number of ether oxygens (including phenoxy) is 2. The summed E-state index contributed by atoms with van der Waals surface area (Å²) in [6.45, 7) is 1.06. The van der Waals surface area contributed by atoms with Crippen molar-refractivity contribution in [2.45, 2.75) is 25.5 Å². The second-order valence-electron chi connectivity index (χ2n) is 5.71. The van der Waals surface area contributed by atoms with Gasteiger partial charge in [-0.3, -0.25) is 9.48 Å². The summed E-state index contributed by atoms with van der Waals surface area (Å²) in [4.78, 5) is 11.7. The molecule has 2 aromatic rings. The number of carbonyl (C=O) groups is 1. The molecule has 22 heavy (non-hydrogen) atoms. The first-order chi connectivity index (χ1) is 10.8. The van der Waals surface area contributed by atoms with Gasteiger partial charge < -0.3 is 14.8 Å². The van der Waals surface area contributed by atoms with Gasteiger partial charge >= 0.3 is 0 Å². The number of hydrogen-bond donors (Lipinski definition) is 1. The fourth-order valence-corrected chi connectivity index (χ4v) is 2.48. The maximum absolute atomic E-state index is 11.7. The van der Waals surface area contributed by atoms with Gasteiger partial charge in [0.2, 0.25) is 5.91 Å². The summed E-state index contributed by atoms with van der Waals surface area (Å²) in [5.41, 5.74) is 0.731. The quantitative estimate of drug-likeness (QED) is 0.938. The predicted octanol–water partition coefficient (Wildman–Crippen LogP) is 2.07. The summed E-state index contributed by atoms with van der Waals surface area (Å²) >= 11 is 0. The Morgan fingerprint density at radius 3 is 2.95 bits per heavy atom. The molecule has 1 amide bonds. The monoisotopic (exact) mass is 299 g/mol. The first kappa shape index (κ1) is 13.2. The van der Waals surface area contributed by atoms with Gasteiger partial charge in [0.15, 0.2) is 17.6 Å². The number of hydrogen-bond acceptors (Lipinski definition) is 4. The van der Waals surface area contributed by atoms with Crippen LogP contribution < -0.4 is 14.8 Å². The van der Waals surface area contributed by atoms with Crippen molar-refractivity contribution in [3.05, 3.63) is 36.7 Å². The van der Waals surface area contributed by atoms with Crippen molar-refractivity contribution in [2.75, 3.05) is 11.9 Å². The number of rotatable bonds is 4. The summed E-state index contributed by atoms with van der Waals surface area (Å²) < 4.78 is 13.4. The average molecular weight is 299 g/mol. The van der Waals surface area contributed by atoms with Crippen LogP contribution in [0.4, 0.5) is 5.69 Å². The molecule has 0 radical (unpaired) electrons. The number of anilines is 1. The Morgan fingerprint density at radius 1 is 1.32 bits per heavy atom. The van der Waals surface area contributed by atoms with Crippen LogP contribution in [0.3, 0.4) is 0 Å². The zero-order valence-electron chi connectivity index (χ0n) is 12.1. The minimum absolute atomic E-state index is 0.0886. The lowest BCUT2D eigenvalue weighted by Crippen LogP contribution is -2.33. The maximum atomic E-state index is 11.7. The van der Waals surface area contributed by atoms with Crippen molar-refractivity contribution in [1.82, 2.24) is 9.78 Å². The second-order valence-corrected chi connectivity index (χ2v) is 5.71. The van der Waals surface area contributed by atoms with Crippen molar-refractivity contribution in [3.63, 3.8) is 0 Å². The zero-order chi connectivity index (χ0) is 14.9. The van der Waals surface area contributed by atoms with E-state index in [1.165, 1.54) is 0 Å². The molecule has 1 aromatic carbocycles. The number of amides is 1. The highest BCUT2D eigenvalue weighted by molar-refractivity contribution is 5.93. The Hall–Kier alpha value is -2.50. The first-order valence-electron chi connectivity index (χ1n) is 7.50. The lowest BCUT2D eigenvalue weighted by molar-refractivity contribution is -0.117. The molecule has 2 aliphatic rings. The molecule has 0 spiro atoms. The SMILES string of the molecule is O=C(Nc1cnn(C[C@@H]2COc3ccccc3O2)c1)C1CC1. The predicted molar refractivity (Wildman–Crippen MR) is 79.9 cm³/mol. The van der Waals surface area contributed by atoms with E-state index in [0.29, 0.717) is 13.2 Å². The van der Waals surface area contributed by atoms with E-state index < -0.39 is 0 Å². The van der Waals surface area contributed by atoms with Gasteiger partial charge in [0, 0.05) is 12.1 Å². The van der Waals surface area contributed by atoms with Gasteiger partial charge in [-0.2, -0.15) is 5.10 Å². The van der Waals surface area contributed by atoms with Crippen LogP contribution in [0.5, 0.6) is 11.5 Å². The molecule has 1 aliphatic heterocycles. The highest BCUT2D eigenvalue weighted by Gasteiger charge is 2.29. The van der Waals surface area contributed by atoms with Crippen LogP contribution in [0.15, 0.2) is 36.7 Å². The Bertz CT molecular complexity index is 693. The van der Waals surface area contributed by atoms with Gasteiger partial charge in [0.25, 0.3) is 0 Å². The Kier molecular flexibility index (Phi) is 3.21. The fraction of sp³-hybridized carbons (Fsp3) is 0.375. The van der Waals surface area contributed by atoms with E-state index in [1.54, 1.807) is 10.9 Å². The minimum atomic E-state index is -0.0956. The van der Waals surface area contributed by atoms with Crippen molar-refractivity contribution in [3.8, 4) is 11.5 Å². The molecule has 0 bridgehead atoms. The van der Waals surface area contributed by atoms with Gasteiger partial charge in [0.05, 0.1) is 18.4 Å². The van der Waals surface area contributed by atoms with E-state index in [4.69, 9.17) is 9.47 Å². The number of benzene rings is 1. The van der Waals surface area contributed by atoms with Crippen molar-refractivity contribution in [1.29, 1.82) is 0 Å². The lowest BCUT2D eigenvalue weighted by Gasteiger charge is -2.26. The third-order valence-corrected chi connectivity index (χ3v) is 3.81. The van der Waals surface area contributed by atoms with E-state index >= 15 is 0 Å². The Labute approximate surface area is 128 Å². The number of nitrogens with zero attached hydrogens (tertiary/aromatic N) is 2. The molecule has 1 N–H and O–H groups in total. The molecule has 1 saturated carbocycles. The molecule has 1 atom stereocenters. The Balaban J connectivity index is 1.38. The average Bonchev–Trinajstić information content (AvgIpc) is 3.30. The molecular weight excluding hydrogens is 282 g/mol. The van der Waals surface area contributed by atoms with E-state index in [0.717, 1.165) is 30.0 Å². The first-order valence-corrected chi connectivity index (χ1v) is 7.50. The van der Waals surface area contributed by atoms with Crippen molar-refractivity contribution in [2.24, 2.45) is 5.92 Å². The van der Waals surface area contributed by atoms with Crippen LogP contribution in [-0.4, -0.2) is 28.4 Å². The van der Waals surface area contributed by atoms with Crippen LogP contribution >= 0.6 is 0 Å². The van der Waals surface area contributed by atoms with Crippen LogP contribution in [0.2, 0.25) is 0 Å².